The van der Waals surface area contributed by atoms with Crippen LogP contribution in [0.5, 0.6) is 0 Å². The summed E-state index contributed by atoms with van der Waals surface area (Å²) in [5.74, 6) is -0.0664. The molecule has 2 aliphatic rings. The number of likely N-dealkylation sites (tertiary alicyclic amines) is 2. The Hall–Kier alpha value is -1.95. The van der Waals surface area contributed by atoms with Crippen molar-refractivity contribution in [2.24, 2.45) is 5.41 Å². The Morgan fingerprint density at radius 2 is 2.04 bits per heavy atom. The van der Waals surface area contributed by atoms with E-state index in [9.17, 15) is 14.0 Å². The maximum atomic E-state index is 13.7. The van der Waals surface area contributed by atoms with Crippen LogP contribution in [-0.4, -0.2) is 66.8 Å². The van der Waals surface area contributed by atoms with E-state index in [1.54, 1.807) is 28.0 Å². The second kappa shape index (κ2) is 7.12. The molecular formula is C19H26FN3O2. The largest absolute Gasteiger partial charge is 0.345 e. The summed E-state index contributed by atoms with van der Waals surface area (Å²) >= 11 is 0. The number of benzene rings is 1. The number of carbonyl (C=O) groups is 2. The summed E-state index contributed by atoms with van der Waals surface area (Å²) in [6.07, 6.45) is 2.61. The highest BCUT2D eigenvalue weighted by Gasteiger charge is 2.48. The molecule has 6 heteroatoms. The van der Waals surface area contributed by atoms with Gasteiger partial charge in [0.15, 0.2) is 0 Å². The van der Waals surface area contributed by atoms with E-state index in [1.165, 1.54) is 6.07 Å². The van der Waals surface area contributed by atoms with Crippen LogP contribution in [0.2, 0.25) is 0 Å². The number of amides is 2. The minimum absolute atomic E-state index is 0.0109. The molecule has 0 bridgehead atoms. The molecule has 1 atom stereocenters. The van der Waals surface area contributed by atoms with Gasteiger partial charge in [0.2, 0.25) is 11.8 Å². The van der Waals surface area contributed by atoms with Gasteiger partial charge in [-0.05, 0) is 32.4 Å². The van der Waals surface area contributed by atoms with Crippen molar-refractivity contribution in [1.82, 2.24) is 14.7 Å². The average Bonchev–Trinajstić information content (AvgIpc) is 3.00. The Morgan fingerprint density at radius 1 is 1.28 bits per heavy atom. The van der Waals surface area contributed by atoms with Crippen LogP contribution in [0.3, 0.4) is 0 Å². The lowest BCUT2D eigenvalue weighted by Gasteiger charge is -2.37. The van der Waals surface area contributed by atoms with Crippen molar-refractivity contribution in [2.75, 3.05) is 40.3 Å². The van der Waals surface area contributed by atoms with Crippen molar-refractivity contribution in [3.63, 3.8) is 0 Å². The fraction of sp³-hybridized carbons (Fsp3) is 0.579. The van der Waals surface area contributed by atoms with Crippen LogP contribution in [0.15, 0.2) is 24.3 Å². The molecule has 2 heterocycles. The van der Waals surface area contributed by atoms with E-state index in [4.69, 9.17) is 0 Å². The number of hydrogen-bond donors (Lipinski definition) is 0. The minimum Gasteiger partial charge on any atom is -0.345 e. The highest BCUT2D eigenvalue weighted by Crippen LogP contribution is 2.39. The third-order valence-electron chi connectivity index (χ3n) is 5.46. The van der Waals surface area contributed by atoms with Crippen LogP contribution >= 0.6 is 0 Å². The first kappa shape index (κ1) is 17.9. The number of carbonyl (C=O) groups excluding carboxylic acids is 2. The molecule has 25 heavy (non-hydrogen) atoms. The highest BCUT2D eigenvalue weighted by molar-refractivity contribution is 5.86. The molecule has 0 radical (unpaired) electrons. The Labute approximate surface area is 148 Å². The van der Waals surface area contributed by atoms with Crippen LogP contribution in [0.4, 0.5) is 4.39 Å². The molecule has 0 unspecified atom stereocenters. The van der Waals surface area contributed by atoms with Crippen molar-refractivity contribution >= 4 is 11.8 Å². The predicted molar refractivity (Wildman–Crippen MR) is 93.2 cm³/mol. The Bertz CT molecular complexity index is 666. The molecule has 1 spiro atoms. The molecule has 3 rings (SSSR count). The SMILES string of the molecule is CN(CC(=O)N1CC[C@]2(CCCN(C)C2=O)C1)Cc1ccccc1F. The van der Waals surface area contributed by atoms with Gasteiger partial charge in [-0.15, -0.1) is 0 Å². The highest BCUT2D eigenvalue weighted by atomic mass is 19.1. The zero-order chi connectivity index (χ0) is 18.0. The summed E-state index contributed by atoms with van der Waals surface area (Å²) in [5, 5.41) is 0. The predicted octanol–water partition coefficient (Wildman–Crippen LogP) is 1.73. The van der Waals surface area contributed by atoms with Crippen LogP contribution in [-0.2, 0) is 16.1 Å². The van der Waals surface area contributed by atoms with E-state index in [-0.39, 0.29) is 29.6 Å². The monoisotopic (exact) mass is 347 g/mol. The van der Waals surface area contributed by atoms with Gasteiger partial charge in [-0.25, -0.2) is 4.39 Å². The third kappa shape index (κ3) is 3.68. The smallest absolute Gasteiger partial charge is 0.236 e. The van der Waals surface area contributed by atoms with Crippen LogP contribution in [0.1, 0.15) is 24.8 Å². The fourth-order valence-corrected chi connectivity index (χ4v) is 4.04. The summed E-state index contributed by atoms with van der Waals surface area (Å²) in [4.78, 5) is 30.6. The van der Waals surface area contributed by atoms with Gasteiger partial charge in [0.25, 0.3) is 0 Å². The minimum atomic E-state index is -0.382. The van der Waals surface area contributed by atoms with Crippen molar-refractivity contribution in [3.05, 3.63) is 35.6 Å². The topological polar surface area (TPSA) is 43.9 Å². The van der Waals surface area contributed by atoms with E-state index in [0.29, 0.717) is 25.2 Å². The van der Waals surface area contributed by atoms with E-state index >= 15 is 0 Å². The second-order valence-electron chi connectivity index (χ2n) is 7.44. The molecule has 2 saturated heterocycles. The molecular weight excluding hydrogens is 321 g/mol. The lowest BCUT2D eigenvalue weighted by atomic mass is 9.78. The molecule has 0 N–H and O–H groups in total. The fourth-order valence-electron chi connectivity index (χ4n) is 4.04. The van der Waals surface area contributed by atoms with Crippen molar-refractivity contribution in [2.45, 2.75) is 25.8 Å². The maximum Gasteiger partial charge on any atom is 0.236 e. The van der Waals surface area contributed by atoms with Gasteiger partial charge in [0.05, 0.1) is 12.0 Å². The van der Waals surface area contributed by atoms with Crippen LogP contribution in [0, 0.1) is 11.2 Å². The van der Waals surface area contributed by atoms with Crippen molar-refractivity contribution in [3.8, 4) is 0 Å². The number of likely N-dealkylation sites (N-methyl/N-ethyl adjacent to an activating group) is 1. The molecule has 2 aliphatic heterocycles. The summed E-state index contributed by atoms with van der Waals surface area (Å²) in [7, 11) is 3.66. The van der Waals surface area contributed by atoms with E-state index < -0.39 is 0 Å². The molecule has 0 aromatic heterocycles. The van der Waals surface area contributed by atoms with Crippen LogP contribution < -0.4 is 0 Å². The van der Waals surface area contributed by atoms with Crippen molar-refractivity contribution in [1.29, 1.82) is 0 Å². The van der Waals surface area contributed by atoms with E-state index in [2.05, 4.69) is 0 Å². The van der Waals surface area contributed by atoms with Gasteiger partial charge in [-0.2, -0.15) is 0 Å². The molecule has 136 valence electrons. The molecule has 0 saturated carbocycles. The zero-order valence-corrected chi connectivity index (χ0v) is 15.0. The number of halogens is 1. The first-order valence-corrected chi connectivity index (χ1v) is 8.87. The quantitative estimate of drug-likeness (QED) is 0.833. The standard InChI is InChI=1S/C19H26FN3O2/c1-21(12-15-6-3-4-7-16(15)20)13-17(24)23-11-9-19(14-23)8-5-10-22(2)18(19)25/h3-4,6-7H,5,8-14H2,1-2H3/t19-/m1/s1. The van der Waals surface area contributed by atoms with Gasteiger partial charge >= 0.3 is 0 Å². The van der Waals surface area contributed by atoms with E-state index in [1.807, 2.05) is 19.0 Å². The van der Waals surface area contributed by atoms with Gasteiger partial charge in [0, 0.05) is 38.8 Å². The summed E-state index contributed by atoms with van der Waals surface area (Å²) in [6, 6.07) is 6.62. The molecule has 1 aromatic rings. The van der Waals surface area contributed by atoms with Gasteiger partial charge in [0.1, 0.15) is 5.82 Å². The summed E-state index contributed by atoms with van der Waals surface area (Å²) in [5.41, 5.74) is 0.201. The molecule has 2 fully saturated rings. The maximum absolute atomic E-state index is 13.7. The number of piperidine rings is 1. The number of hydrogen-bond acceptors (Lipinski definition) is 3. The van der Waals surface area contributed by atoms with Gasteiger partial charge in [-0.1, -0.05) is 18.2 Å². The molecule has 2 amide bonds. The first-order valence-electron chi connectivity index (χ1n) is 8.87. The molecule has 1 aromatic carbocycles. The normalized spacial score (nSPS) is 23.8. The number of nitrogens with zero attached hydrogens (tertiary/aromatic N) is 3. The zero-order valence-electron chi connectivity index (χ0n) is 15.0. The van der Waals surface area contributed by atoms with Gasteiger partial charge < -0.3 is 9.80 Å². The molecule has 5 nitrogen and oxygen atoms in total. The van der Waals surface area contributed by atoms with Gasteiger partial charge in [-0.3, -0.25) is 14.5 Å². The lowest BCUT2D eigenvalue weighted by Crippen LogP contribution is -2.49. The number of rotatable bonds is 4. The second-order valence-corrected chi connectivity index (χ2v) is 7.44. The molecule has 0 aliphatic carbocycles. The third-order valence-corrected chi connectivity index (χ3v) is 5.46. The Kier molecular flexibility index (Phi) is 5.08. The van der Waals surface area contributed by atoms with E-state index in [0.717, 1.165) is 25.8 Å². The summed E-state index contributed by atoms with van der Waals surface area (Å²) < 4.78 is 13.7. The first-order chi connectivity index (χ1) is 11.9. The lowest BCUT2D eigenvalue weighted by molar-refractivity contribution is -0.144. The summed E-state index contributed by atoms with van der Waals surface area (Å²) in [6.45, 7) is 2.57. The Morgan fingerprint density at radius 3 is 2.80 bits per heavy atom. The van der Waals surface area contributed by atoms with Crippen molar-refractivity contribution < 1.29 is 14.0 Å². The Balaban J connectivity index is 1.57. The average molecular weight is 347 g/mol. The van der Waals surface area contributed by atoms with Crippen LogP contribution in [0.25, 0.3) is 0 Å².